The van der Waals surface area contributed by atoms with Gasteiger partial charge in [0.1, 0.15) is 0 Å². The first-order chi connectivity index (χ1) is 11.5. The molecule has 1 fully saturated rings. The Morgan fingerprint density at radius 3 is 2.50 bits per heavy atom. The third-order valence-electron chi connectivity index (χ3n) is 4.31. The maximum atomic E-state index is 12.6. The predicted octanol–water partition coefficient (Wildman–Crippen LogP) is 2.94. The van der Waals surface area contributed by atoms with Gasteiger partial charge in [-0.25, -0.2) is 4.68 Å². The van der Waals surface area contributed by atoms with E-state index < -0.39 is 6.55 Å². The van der Waals surface area contributed by atoms with Gasteiger partial charge >= 0.3 is 6.55 Å². The van der Waals surface area contributed by atoms with Crippen molar-refractivity contribution in [2.45, 2.75) is 26.4 Å². The van der Waals surface area contributed by atoms with Crippen molar-refractivity contribution in [3.63, 3.8) is 0 Å². The van der Waals surface area contributed by atoms with Gasteiger partial charge in [-0.15, -0.1) is 0 Å². The number of amides is 1. The first-order valence-corrected chi connectivity index (χ1v) is 7.91. The summed E-state index contributed by atoms with van der Waals surface area (Å²) in [6.07, 6.45) is 1.13. The molecule has 1 amide bonds. The van der Waals surface area contributed by atoms with Gasteiger partial charge in [-0.1, -0.05) is 17.7 Å². The molecule has 0 bridgehead atoms. The first kappa shape index (κ1) is 16.4. The second-order valence-corrected chi connectivity index (χ2v) is 6.09. The lowest BCUT2D eigenvalue weighted by Crippen LogP contribution is -2.54. The summed E-state index contributed by atoms with van der Waals surface area (Å²) in [6, 6.07) is 9.59. The maximum Gasteiger partial charge on any atom is 0.333 e. The highest BCUT2D eigenvalue weighted by Gasteiger charge is 2.29. The summed E-state index contributed by atoms with van der Waals surface area (Å²) >= 11 is 0. The number of alkyl halides is 2. The smallest absolute Gasteiger partial charge is 0.333 e. The molecule has 5 nitrogen and oxygen atoms in total. The highest BCUT2D eigenvalue weighted by atomic mass is 19.3. The topological polar surface area (TPSA) is 41.4 Å². The van der Waals surface area contributed by atoms with E-state index in [-0.39, 0.29) is 17.6 Å². The van der Waals surface area contributed by atoms with E-state index in [1.807, 2.05) is 13.8 Å². The van der Waals surface area contributed by atoms with Gasteiger partial charge in [-0.2, -0.15) is 13.9 Å². The van der Waals surface area contributed by atoms with Gasteiger partial charge in [0.15, 0.2) is 5.69 Å². The molecule has 0 N–H and O–H groups in total. The lowest BCUT2D eigenvalue weighted by Gasteiger charge is -2.40. The summed E-state index contributed by atoms with van der Waals surface area (Å²) in [4.78, 5) is 16.4. The van der Waals surface area contributed by atoms with Gasteiger partial charge in [0, 0.05) is 37.6 Å². The molecule has 128 valence electrons. The quantitative estimate of drug-likeness (QED) is 0.867. The molecule has 1 aromatic carbocycles. The van der Waals surface area contributed by atoms with Crippen molar-refractivity contribution in [3.05, 3.63) is 47.8 Å². The van der Waals surface area contributed by atoms with E-state index in [0.717, 1.165) is 11.9 Å². The van der Waals surface area contributed by atoms with Crippen LogP contribution in [0.4, 0.5) is 14.5 Å². The van der Waals surface area contributed by atoms with E-state index in [1.165, 1.54) is 11.6 Å². The number of aryl methyl sites for hydroxylation is 1. The monoisotopic (exact) mass is 334 g/mol. The van der Waals surface area contributed by atoms with Crippen LogP contribution in [-0.4, -0.2) is 46.3 Å². The molecule has 1 saturated heterocycles. The molecule has 1 atom stereocenters. The number of hydrogen-bond acceptors (Lipinski definition) is 3. The zero-order chi connectivity index (χ0) is 17.3. The Hall–Kier alpha value is -2.44. The normalized spacial score (nSPS) is 18.3. The van der Waals surface area contributed by atoms with Crippen LogP contribution in [0.5, 0.6) is 0 Å². The molecule has 0 aliphatic carbocycles. The minimum atomic E-state index is -2.73. The SMILES string of the molecule is Cc1ccc(N2CCN(C(=O)c3ccn(C(F)F)n3)[C@H](C)C2)cc1. The number of carbonyl (C=O) groups excluding carboxylic acids is 1. The number of carbonyl (C=O) groups is 1. The number of aromatic nitrogens is 2. The Labute approximate surface area is 139 Å². The summed E-state index contributed by atoms with van der Waals surface area (Å²) in [5, 5.41) is 3.67. The van der Waals surface area contributed by atoms with Crippen molar-refractivity contribution in [2.24, 2.45) is 0 Å². The first-order valence-electron chi connectivity index (χ1n) is 7.91. The zero-order valence-corrected chi connectivity index (χ0v) is 13.7. The number of hydrogen-bond donors (Lipinski definition) is 0. The van der Waals surface area contributed by atoms with Crippen molar-refractivity contribution in [1.82, 2.24) is 14.7 Å². The second kappa shape index (κ2) is 6.59. The molecular weight excluding hydrogens is 314 g/mol. The van der Waals surface area contributed by atoms with Crippen LogP contribution in [0.3, 0.4) is 0 Å². The van der Waals surface area contributed by atoms with Gasteiger partial charge in [-0.3, -0.25) is 4.79 Å². The number of nitrogens with zero attached hydrogens (tertiary/aromatic N) is 4. The highest BCUT2D eigenvalue weighted by molar-refractivity contribution is 5.92. The molecule has 0 unspecified atom stereocenters. The summed E-state index contributed by atoms with van der Waals surface area (Å²) in [6.45, 7) is 3.21. The van der Waals surface area contributed by atoms with E-state index in [9.17, 15) is 13.6 Å². The van der Waals surface area contributed by atoms with Gasteiger partial charge in [0.25, 0.3) is 5.91 Å². The number of halogens is 2. The maximum absolute atomic E-state index is 12.6. The Balaban J connectivity index is 1.68. The minimum absolute atomic E-state index is 0.0238. The molecule has 7 heteroatoms. The molecule has 3 rings (SSSR count). The lowest BCUT2D eigenvalue weighted by molar-refractivity contribution is 0.0542. The zero-order valence-electron chi connectivity index (χ0n) is 13.7. The summed E-state index contributed by atoms with van der Waals surface area (Å²) in [5.74, 6) is -0.301. The van der Waals surface area contributed by atoms with E-state index in [0.29, 0.717) is 24.3 Å². The number of anilines is 1. The van der Waals surface area contributed by atoms with Crippen molar-refractivity contribution < 1.29 is 13.6 Å². The molecule has 0 radical (unpaired) electrons. The van der Waals surface area contributed by atoms with Gasteiger partial charge in [0.2, 0.25) is 0 Å². The molecule has 0 spiro atoms. The minimum Gasteiger partial charge on any atom is -0.368 e. The van der Waals surface area contributed by atoms with E-state index in [2.05, 4.69) is 34.3 Å². The molecule has 24 heavy (non-hydrogen) atoms. The molecular formula is C17H20F2N4O. The largest absolute Gasteiger partial charge is 0.368 e. The van der Waals surface area contributed by atoms with Crippen LogP contribution in [-0.2, 0) is 0 Å². The van der Waals surface area contributed by atoms with Crippen LogP contribution in [0, 0.1) is 6.92 Å². The number of piperazine rings is 1. The van der Waals surface area contributed by atoms with Crippen molar-refractivity contribution in [1.29, 1.82) is 0 Å². The summed E-state index contributed by atoms with van der Waals surface area (Å²) < 4.78 is 25.7. The Morgan fingerprint density at radius 2 is 1.92 bits per heavy atom. The van der Waals surface area contributed by atoms with Crippen LogP contribution >= 0.6 is 0 Å². The van der Waals surface area contributed by atoms with Crippen molar-refractivity contribution in [3.8, 4) is 0 Å². The van der Waals surface area contributed by atoms with E-state index >= 15 is 0 Å². The van der Waals surface area contributed by atoms with Crippen LogP contribution in [0.25, 0.3) is 0 Å². The lowest BCUT2D eigenvalue weighted by atomic mass is 10.1. The third-order valence-corrected chi connectivity index (χ3v) is 4.31. The van der Waals surface area contributed by atoms with Crippen LogP contribution in [0.15, 0.2) is 36.5 Å². The van der Waals surface area contributed by atoms with Gasteiger partial charge in [-0.05, 0) is 32.0 Å². The third kappa shape index (κ3) is 3.25. The summed E-state index contributed by atoms with van der Waals surface area (Å²) in [5.41, 5.74) is 2.39. The van der Waals surface area contributed by atoms with Crippen LogP contribution < -0.4 is 4.90 Å². The fourth-order valence-corrected chi connectivity index (χ4v) is 2.96. The molecule has 1 aliphatic rings. The Morgan fingerprint density at radius 1 is 1.21 bits per heavy atom. The van der Waals surface area contributed by atoms with Gasteiger partial charge < -0.3 is 9.80 Å². The van der Waals surface area contributed by atoms with Crippen LogP contribution in [0.1, 0.15) is 29.5 Å². The molecule has 2 heterocycles. The van der Waals surface area contributed by atoms with Crippen molar-refractivity contribution >= 4 is 11.6 Å². The number of rotatable bonds is 3. The van der Waals surface area contributed by atoms with Crippen molar-refractivity contribution in [2.75, 3.05) is 24.5 Å². The summed E-state index contributed by atoms with van der Waals surface area (Å²) in [7, 11) is 0. The molecule has 0 saturated carbocycles. The molecule has 1 aromatic heterocycles. The average molecular weight is 334 g/mol. The van der Waals surface area contributed by atoms with E-state index in [4.69, 9.17) is 0 Å². The Kier molecular flexibility index (Phi) is 4.51. The standard InChI is InChI=1S/C17H20F2N4O/c1-12-3-5-14(6-4-12)21-9-10-22(13(2)11-21)16(24)15-7-8-23(20-15)17(18)19/h3-8,13,17H,9-11H2,1-2H3/t13-/m1/s1. The molecule has 1 aliphatic heterocycles. The van der Waals surface area contributed by atoms with E-state index in [1.54, 1.807) is 4.90 Å². The predicted molar refractivity (Wildman–Crippen MR) is 87.4 cm³/mol. The Bertz CT molecular complexity index is 714. The van der Waals surface area contributed by atoms with Crippen LogP contribution in [0.2, 0.25) is 0 Å². The molecule has 2 aromatic rings. The number of benzene rings is 1. The fourth-order valence-electron chi connectivity index (χ4n) is 2.96. The second-order valence-electron chi connectivity index (χ2n) is 6.09. The fraction of sp³-hybridized carbons (Fsp3) is 0.412. The highest BCUT2D eigenvalue weighted by Crippen LogP contribution is 2.21. The average Bonchev–Trinajstić information content (AvgIpc) is 3.05. The van der Waals surface area contributed by atoms with Gasteiger partial charge in [0.05, 0.1) is 0 Å².